The quantitative estimate of drug-likeness (QED) is 0.194. The van der Waals surface area contributed by atoms with Gasteiger partial charge in [-0.05, 0) is 62.1 Å². The van der Waals surface area contributed by atoms with Gasteiger partial charge in [0.15, 0.2) is 0 Å². The second-order valence-electron chi connectivity index (χ2n) is 10.8. The molecule has 3 aromatic carbocycles. The number of Topliss-reactive ketones (excluding diaryl/α,β-unsaturated/α-hetero) is 1. The van der Waals surface area contributed by atoms with E-state index in [0.717, 1.165) is 52.5 Å². The van der Waals surface area contributed by atoms with E-state index in [1.54, 1.807) is 19.2 Å². The largest absolute Gasteiger partial charge is 0.496 e. The molecule has 1 heterocycles. The zero-order chi connectivity index (χ0) is 30.0. The van der Waals surface area contributed by atoms with E-state index in [2.05, 4.69) is 5.32 Å². The van der Waals surface area contributed by atoms with Crippen LogP contribution in [-0.2, 0) is 6.54 Å². The number of carbonyl (C=O) groups is 2. The molecule has 1 aliphatic carbocycles. The summed E-state index contributed by atoms with van der Waals surface area (Å²) in [5.74, 6) is -4.12. The summed E-state index contributed by atoms with van der Waals surface area (Å²) >= 11 is 8.18. The SMILES string of the molecule is CN[C@H]1CC[C@H](N(Cc2cc(-c3ccc(C(=O)C(C)(F)F)cc3)ccc2OC)C(=O)c2sc3ccccc3c2Cl)CC1. The van der Waals surface area contributed by atoms with E-state index in [4.69, 9.17) is 16.3 Å². The summed E-state index contributed by atoms with van der Waals surface area (Å²) < 4.78 is 33.8. The molecule has 5 rings (SSSR count). The average molecular weight is 611 g/mol. The van der Waals surface area contributed by atoms with Crippen LogP contribution < -0.4 is 10.1 Å². The molecule has 1 fully saturated rings. The van der Waals surface area contributed by atoms with Crippen LogP contribution in [-0.4, -0.2) is 48.8 Å². The van der Waals surface area contributed by atoms with Gasteiger partial charge in [-0.25, -0.2) is 0 Å². The van der Waals surface area contributed by atoms with Gasteiger partial charge in [-0.3, -0.25) is 9.59 Å². The minimum absolute atomic E-state index is 0.0257. The molecule has 1 amide bonds. The number of ketones is 1. The number of carbonyl (C=O) groups excluding carboxylic acids is 2. The Kier molecular flexibility index (Phi) is 8.97. The van der Waals surface area contributed by atoms with Gasteiger partial charge in [-0.2, -0.15) is 8.78 Å². The van der Waals surface area contributed by atoms with Gasteiger partial charge in [0.05, 0.1) is 12.1 Å². The standard InChI is InChI=1S/C33H33ClF2N2O3S/c1-33(35,36)31(39)21-10-8-20(9-11-21)22-12-17-27(41-3)23(18-22)19-38(25-15-13-24(37-2)14-16-25)32(40)30-29(34)26-6-4-5-7-28(26)42-30/h4-12,17-18,24-25,37H,13-16,19H2,1-3H3/t24-,25-. The Bertz CT molecular complexity index is 1590. The molecule has 0 saturated heterocycles. The van der Waals surface area contributed by atoms with Gasteiger partial charge in [0.2, 0.25) is 5.78 Å². The maximum atomic E-state index is 14.2. The number of hydrogen-bond donors (Lipinski definition) is 1. The number of amides is 1. The summed E-state index contributed by atoms with van der Waals surface area (Å²) in [4.78, 5) is 28.7. The number of benzene rings is 3. The second kappa shape index (κ2) is 12.5. The fourth-order valence-electron chi connectivity index (χ4n) is 5.66. The highest BCUT2D eigenvalue weighted by molar-refractivity contribution is 7.21. The minimum atomic E-state index is -3.44. The Morgan fingerprint density at radius 1 is 1.02 bits per heavy atom. The van der Waals surface area contributed by atoms with Crippen molar-refractivity contribution in [1.82, 2.24) is 10.2 Å². The van der Waals surface area contributed by atoms with Crippen LogP contribution in [0.4, 0.5) is 8.78 Å². The van der Waals surface area contributed by atoms with Crippen LogP contribution in [0.5, 0.6) is 5.75 Å². The molecular formula is C33H33ClF2N2O3S. The first-order chi connectivity index (χ1) is 20.1. The molecular weight excluding hydrogens is 578 g/mol. The van der Waals surface area contributed by atoms with Crippen LogP contribution in [0.1, 0.15) is 58.2 Å². The summed E-state index contributed by atoms with van der Waals surface area (Å²) in [7, 11) is 3.56. The van der Waals surface area contributed by atoms with Gasteiger partial charge < -0.3 is 15.0 Å². The molecule has 0 aliphatic heterocycles. The van der Waals surface area contributed by atoms with Crippen LogP contribution in [0.3, 0.4) is 0 Å². The van der Waals surface area contributed by atoms with Gasteiger partial charge in [0.25, 0.3) is 5.91 Å². The topological polar surface area (TPSA) is 58.6 Å². The molecule has 9 heteroatoms. The van der Waals surface area contributed by atoms with Gasteiger partial charge in [-0.15, -0.1) is 11.3 Å². The van der Waals surface area contributed by atoms with E-state index in [1.807, 2.05) is 54.4 Å². The lowest BCUT2D eigenvalue weighted by atomic mass is 9.89. The van der Waals surface area contributed by atoms with Gasteiger partial charge >= 0.3 is 5.92 Å². The molecule has 5 nitrogen and oxygen atoms in total. The lowest BCUT2D eigenvalue weighted by molar-refractivity contribution is 0.0221. The van der Waals surface area contributed by atoms with E-state index in [-0.39, 0.29) is 17.5 Å². The molecule has 1 aromatic heterocycles. The number of methoxy groups -OCH3 is 1. The molecule has 0 radical (unpaired) electrons. The van der Waals surface area contributed by atoms with Crippen LogP contribution >= 0.6 is 22.9 Å². The van der Waals surface area contributed by atoms with Crippen molar-refractivity contribution in [2.24, 2.45) is 0 Å². The Labute approximate surface area is 253 Å². The highest BCUT2D eigenvalue weighted by Gasteiger charge is 2.34. The summed E-state index contributed by atoms with van der Waals surface area (Å²) in [6.45, 7) is 0.914. The summed E-state index contributed by atoms with van der Waals surface area (Å²) in [5, 5.41) is 4.70. The molecule has 220 valence electrons. The molecule has 42 heavy (non-hydrogen) atoms. The number of thiophene rings is 1. The normalized spacial score (nSPS) is 17.3. The number of alkyl halides is 2. The maximum Gasteiger partial charge on any atom is 0.307 e. The minimum Gasteiger partial charge on any atom is -0.496 e. The Balaban J connectivity index is 1.49. The third kappa shape index (κ3) is 6.21. The number of rotatable bonds is 9. The first-order valence-corrected chi connectivity index (χ1v) is 15.2. The first kappa shape index (κ1) is 30.1. The third-order valence-electron chi connectivity index (χ3n) is 8.04. The van der Waals surface area contributed by atoms with Crippen molar-refractivity contribution in [3.63, 3.8) is 0 Å². The molecule has 0 atom stereocenters. The number of nitrogens with zero attached hydrogens (tertiary/aromatic N) is 1. The van der Waals surface area contributed by atoms with Crippen molar-refractivity contribution in [2.75, 3.05) is 14.2 Å². The van der Waals surface area contributed by atoms with E-state index < -0.39 is 11.7 Å². The highest BCUT2D eigenvalue weighted by Crippen LogP contribution is 2.38. The van der Waals surface area contributed by atoms with Crippen molar-refractivity contribution in [2.45, 2.75) is 57.2 Å². The van der Waals surface area contributed by atoms with Crippen LogP contribution in [0, 0.1) is 0 Å². The number of fused-ring (bicyclic) bond motifs is 1. The number of ether oxygens (including phenoxy) is 1. The Morgan fingerprint density at radius 2 is 1.69 bits per heavy atom. The maximum absolute atomic E-state index is 14.2. The monoisotopic (exact) mass is 610 g/mol. The molecule has 1 saturated carbocycles. The fourth-order valence-corrected chi connectivity index (χ4v) is 7.13. The Morgan fingerprint density at radius 3 is 2.31 bits per heavy atom. The predicted octanol–water partition coefficient (Wildman–Crippen LogP) is 8.24. The predicted molar refractivity (Wildman–Crippen MR) is 165 cm³/mol. The number of halogens is 3. The van der Waals surface area contributed by atoms with Crippen LogP contribution in [0.2, 0.25) is 5.02 Å². The highest BCUT2D eigenvalue weighted by atomic mass is 35.5. The van der Waals surface area contributed by atoms with Crippen LogP contribution in [0.25, 0.3) is 21.2 Å². The lowest BCUT2D eigenvalue weighted by Gasteiger charge is -2.37. The summed E-state index contributed by atoms with van der Waals surface area (Å²) in [6, 6.07) is 20.0. The van der Waals surface area contributed by atoms with Crippen LogP contribution in [0.15, 0.2) is 66.7 Å². The molecule has 1 N–H and O–H groups in total. The summed E-state index contributed by atoms with van der Waals surface area (Å²) in [5.41, 5.74) is 2.35. The van der Waals surface area contributed by atoms with Crippen molar-refractivity contribution >= 4 is 44.7 Å². The smallest absolute Gasteiger partial charge is 0.307 e. The zero-order valence-electron chi connectivity index (χ0n) is 23.8. The number of nitrogens with one attached hydrogen (secondary N) is 1. The number of hydrogen-bond acceptors (Lipinski definition) is 5. The van der Waals surface area contributed by atoms with E-state index in [0.29, 0.717) is 35.2 Å². The van der Waals surface area contributed by atoms with E-state index in [9.17, 15) is 18.4 Å². The van der Waals surface area contributed by atoms with Gasteiger partial charge in [0.1, 0.15) is 10.6 Å². The molecule has 4 aromatic rings. The zero-order valence-corrected chi connectivity index (χ0v) is 25.3. The molecule has 1 aliphatic rings. The Hall–Kier alpha value is -3.33. The van der Waals surface area contributed by atoms with Crippen molar-refractivity contribution < 1.29 is 23.1 Å². The van der Waals surface area contributed by atoms with Gasteiger partial charge in [-0.1, -0.05) is 60.1 Å². The fraction of sp³-hybridized carbons (Fsp3) is 0.333. The van der Waals surface area contributed by atoms with Crippen molar-refractivity contribution in [3.8, 4) is 16.9 Å². The molecule has 0 unspecified atom stereocenters. The molecule has 0 bridgehead atoms. The van der Waals surface area contributed by atoms with Crippen molar-refractivity contribution in [3.05, 3.63) is 87.8 Å². The van der Waals surface area contributed by atoms with E-state index in [1.165, 1.54) is 23.5 Å². The average Bonchev–Trinajstić information content (AvgIpc) is 3.35. The lowest BCUT2D eigenvalue weighted by Crippen LogP contribution is -2.44. The third-order valence-corrected chi connectivity index (χ3v) is 9.70. The second-order valence-corrected chi connectivity index (χ2v) is 12.2. The first-order valence-electron chi connectivity index (χ1n) is 14.0. The summed E-state index contributed by atoms with van der Waals surface area (Å²) in [6.07, 6.45) is 3.65. The molecule has 0 spiro atoms. The van der Waals surface area contributed by atoms with Crippen molar-refractivity contribution in [1.29, 1.82) is 0 Å². The van der Waals surface area contributed by atoms with Gasteiger partial charge in [0, 0.05) is 46.8 Å². The van der Waals surface area contributed by atoms with E-state index >= 15 is 0 Å².